The van der Waals surface area contributed by atoms with E-state index in [1.165, 1.54) is 6.42 Å². The van der Waals surface area contributed by atoms with Gasteiger partial charge in [0.05, 0.1) is 5.60 Å². The van der Waals surface area contributed by atoms with Gasteiger partial charge in [-0.25, -0.2) is 0 Å². The fourth-order valence-electron chi connectivity index (χ4n) is 2.19. The zero-order valence-corrected chi connectivity index (χ0v) is 8.93. The summed E-state index contributed by atoms with van der Waals surface area (Å²) >= 11 is 5.81. The largest absolute Gasteiger partial charge is 0.385 e. The predicted molar refractivity (Wildman–Crippen MR) is 58.4 cm³/mol. The molecule has 1 fully saturated rings. The lowest BCUT2D eigenvalue weighted by molar-refractivity contribution is -0.000619. The molecule has 1 aromatic rings. The SMILES string of the molecule is OC1(c2ccc(Cl)cc2)CCCCC1. The number of hydrogen-bond acceptors (Lipinski definition) is 1. The van der Waals surface area contributed by atoms with E-state index < -0.39 is 5.60 Å². The number of rotatable bonds is 1. The molecule has 14 heavy (non-hydrogen) atoms. The summed E-state index contributed by atoms with van der Waals surface area (Å²) in [6.07, 6.45) is 5.26. The second kappa shape index (κ2) is 3.92. The Hall–Kier alpha value is -0.530. The Morgan fingerprint density at radius 2 is 1.57 bits per heavy atom. The van der Waals surface area contributed by atoms with Gasteiger partial charge in [-0.2, -0.15) is 0 Å². The molecule has 1 N–H and O–H groups in total. The van der Waals surface area contributed by atoms with Crippen molar-refractivity contribution in [2.75, 3.05) is 0 Å². The van der Waals surface area contributed by atoms with Crippen LogP contribution in [0.15, 0.2) is 24.3 Å². The van der Waals surface area contributed by atoms with E-state index in [0.29, 0.717) is 0 Å². The average Bonchev–Trinajstić information content (AvgIpc) is 2.19. The van der Waals surface area contributed by atoms with Crippen molar-refractivity contribution in [1.82, 2.24) is 0 Å². The number of hydrogen-bond donors (Lipinski definition) is 1. The number of aliphatic hydroxyl groups is 1. The lowest BCUT2D eigenvalue weighted by Crippen LogP contribution is -2.28. The van der Waals surface area contributed by atoms with Gasteiger partial charge in [0.25, 0.3) is 0 Å². The highest BCUT2D eigenvalue weighted by Gasteiger charge is 2.30. The molecule has 1 aromatic carbocycles. The van der Waals surface area contributed by atoms with E-state index in [2.05, 4.69) is 0 Å². The van der Waals surface area contributed by atoms with E-state index in [1.807, 2.05) is 24.3 Å². The lowest BCUT2D eigenvalue weighted by Gasteiger charge is -2.32. The molecule has 2 rings (SSSR count). The summed E-state index contributed by atoms with van der Waals surface area (Å²) in [6.45, 7) is 0. The van der Waals surface area contributed by atoms with Crippen LogP contribution in [0, 0.1) is 0 Å². The summed E-state index contributed by atoms with van der Waals surface area (Å²) in [5.74, 6) is 0. The summed E-state index contributed by atoms with van der Waals surface area (Å²) < 4.78 is 0. The van der Waals surface area contributed by atoms with Gasteiger partial charge < -0.3 is 5.11 Å². The summed E-state index contributed by atoms with van der Waals surface area (Å²) in [6, 6.07) is 7.58. The van der Waals surface area contributed by atoms with Gasteiger partial charge in [-0.05, 0) is 30.5 Å². The highest BCUT2D eigenvalue weighted by molar-refractivity contribution is 6.30. The monoisotopic (exact) mass is 210 g/mol. The maximum absolute atomic E-state index is 10.4. The third-order valence-electron chi connectivity index (χ3n) is 3.06. The molecule has 0 saturated heterocycles. The molecule has 0 bridgehead atoms. The molecule has 1 nitrogen and oxygen atoms in total. The van der Waals surface area contributed by atoms with Gasteiger partial charge in [0.2, 0.25) is 0 Å². The summed E-state index contributed by atoms with van der Waals surface area (Å²) in [7, 11) is 0. The Bertz CT molecular complexity index is 299. The molecular weight excluding hydrogens is 196 g/mol. The van der Waals surface area contributed by atoms with Crippen LogP contribution in [0.1, 0.15) is 37.7 Å². The smallest absolute Gasteiger partial charge is 0.0896 e. The van der Waals surface area contributed by atoms with Crippen LogP contribution in [0.5, 0.6) is 0 Å². The zero-order valence-electron chi connectivity index (χ0n) is 8.17. The molecule has 1 aliphatic rings. The quantitative estimate of drug-likeness (QED) is 0.753. The van der Waals surface area contributed by atoms with Gasteiger partial charge in [0, 0.05) is 5.02 Å². The minimum absolute atomic E-state index is 0.594. The van der Waals surface area contributed by atoms with Crippen LogP contribution in [0.25, 0.3) is 0 Å². The molecule has 0 radical (unpaired) electrons. The fraction of sp³-hybridized carbons (Fsp3) is 0.500. The van der Waals surface area contributed by atoms with E-state index >= 15 is 0 Å². The Morgan fingerprint density at radius 1 is 1.00 bits per heavy atom. The van der Waals surface area contributed by atoms with Crippen molar-refractivity contribution >= 4 is 11.6 Å². The van der Waals surface area contributed by atoms with Crippen LogP contribution < -0.4 is 0 Å². The predicted octanol–water partition coefficient (Wildman–Crippen LogP) is 3.49. The van der Waals surface area contributed by atoms with E-state index in [0.717, 1.165) is 36.3 Å². The van der Waals surface area contributed by atoms with Crippen LogP contribution in [0.3, 0.4) is 0 Å². The maximum Gasteiger partial charge on any atom is 0.0896 e. The molecule has 0 amide bonds. The van der Waals surface area contributed by atoms with Gasteiger partial charge >= 0.3 is 0 Å². The molecule has 0 spiro atoms. The van der Waals surface area contributed by atoms with Crippen LogP contribution in [0.4, 0.5) is 0 Å². The third kappa shape index (κ3) is 1.94. The Balaban J connectivity index is 2.23. The van der Waals surface area contributed by atoms with Crippen LogP contribution in [0.2, 0.25) is 5.02 Å². The Labute approximate surface area is 89.7 Å². The number of halogens is 1. The third-order valence-corrected chi connectivity index (χ3v) is 3.31. The van der Waals surface area contributed by atoms with Crippen molar-refractivity contribution in [3.05, 3.63) is 34.9 Å². The standard InChI is InChI=1S/C12H15ClO/c13-11-6-4-10(5-7-11)12(14)8-2-1-3-9-12/h4-7,14H,1-3,8-9H2. The minimum Gasteiger partial charge on any atom is -0.385 e. The maximum atomic E-state index is 10.4. The van der Waals surface area contributed by atoms with Crippen LogP contribution in [-0.4, -0.2) is 5.11 Å². The first-order chi connectivity index (χ1) is 6.71. The van der Waals surface area contributed by atoms with E-state index in [-0.39, 0.29) is 0 Å². The fourth-order valence-corrected chi connectivity index (χ4v) is 2.31. The molecule has 1 saturated carbocycles. The summed E-state index contributed by atoms with van der Waals surface area (Å²) in [5.41, 5.74) is 0.421. The normalized spacial score (nSPS) is 20.7. The highest BCUT2D eigenvalue weighted by atomic mass is 35.5. The average molecular weight is 211 g/mol. The van der Waals surface area contributed by atoms with Crippen molar-refractivity contribution in [3.8, 4) is 0 Å². The summed E-state index contributed by atoms with van der Waals surface area (Å²) in [5, 5.41) is 11.1. The first kappa shape index (κ1) is 10.0. The molecule has 0 aromatic heterocycles. The van der Waals surface area contributed by atoms with Crippen molar-refractivity contribution in [1.29, 1.82) is 0 Å². The zero-order chi connectivity index (χ0) is 10.0. The van der Waals surface area contributed by atoms with Gasteiger partial charge in [0.1, 0.15) is 0 Å². The van der Waals surface area contributed by atoms with E-state index in [9.17, 15) is 5.11 Å². The molecular formula is C12H15ClO. The van der Waals surface area contributed by atoms with E-state index in [1.54, 1.807) is 0 Å². The van der Waals surface area contributed by atoms with Crippen molar-refractivity contribution in [2.24, 2.45) is 0 Å². The van der Waals surface area contributed by atoms with Gasteiger partial charge in [-0.1, -0.05) is 43.0 Å². The lowest BCUT2D eigenvalue weighted by atomic mass is 9.80. The van der Waals surface area contributed by atoms with Gasteiger partial charge in [0.15, 0.2) is 0 Å². The Morgan fingerprint density at radius 3 is 2.14 bits per heavy atom. The first-order valence-electron chi connectivity index (χ1n) is 5.19. The van der Waals surface area contributed by atoms with Crippen molar-refractivity contribution in [3.63, 3.8) is 0 Å². The Kier molecular flexibility index (Phi) is 2.80. The molecule has 0 unspecified atom stereocenters. The van der Waals surface area contributed by atoms with Crippen molar-refractivity contribution < 1.29 is 5.11 Å². The van der Waals surface area contributed by atoms with Crippen LogP contribution in [-0.2, 0) is 5.60 Å². The van der Waals surface area contributed by atoms with Gasteiger partial charge in [-0.3, -0.25) is 0 Å². The molecule has 0 heterocycles. The molecule has 0 atom stereocenters. The number of benzene rings is 1. The molecule has 76 valence electrons. The van der Waals surface area contributed by atoms with Gasteiger partial charge in [-0.15, -0.1) is 0 Å². The minimum atomic E-state index is -0.594. The second-order valence-electron chi connectivity index (χ2n) is 4.10. The van der Waals surface area contributed by atoms with Crippen LogP contribution >= 0.6 is 11.6 Å². The van der Waals surface area contributed by atoms with E-state index in [4.69, 9.17) is 11.6 Å². The highest BCUT2D eigenvalue weighted by Crippen LogP contribution is 2.37. The molecule has 1 aliphatic carbocycles. The second-order valence-corrected chi connectivity index (χ2v) is 4.54. The molecule has 0 aliphatic heterocycles. The van der Waals surface area contributed by atoms with Crippen molar-refractivity contribution in [2.45, 2.75) is 37.7 Å². The first-order valence-corrected chi connectivity index (χ1v) is 5.57. The molecule has 2 heteroatoms. The topological polar surface area (TPSA) is 20.2 Å². The summed E-state index contributed by atoms with van der Waals surface area (Å²) in [4.78, 5) is 0.